The summed E-state index contributed by atoms with van der Waals surface area (Å²) in [4.78, 5) is 7.43. The standard InChI is InChI=1S/C13H19ClN2.C8H16ClN/c14-6-7-15-8-10-16(11-9-15)12-13-4-2-1-3-5-13;9-5-8-10-6-3-1-2-4-7-10/h1-5H,6-12H2;1-8H2. The second-order valence-electron chi connectivity index (χ2n) is 7.24. The third-order valence-electron chi connectivity index (χ3n) is 5.21. The van der Waals surface area contributed by atoms with Crippen molar-refractivity contribution in [2.45, 2.75) is 32.2 Å². The zero-order chi connectivity index (χ0) is 18.5. The molecule has 0 atom stereocenters. The number of hydrogen-bond acceptors (Lipinski definition) is 3. The maximum atomic E-state index is 5.75. The van der Waals surface area contributed by atoms with Gasteiger partial charge >= 0.3 is 0 Å². The molecule has 0 spiro atoms. The van der Waals surface area contributed by atoms with E-state index in [0.717, 1.165) is 57.6 Å². The summed E-state index contributed by atoms with van der Waals surface area (Å²) in [6, 6.07) is 10.7. The molecule has 0 aliphatic carbocycles. The molecule has 2 fully saturated rings. The SMILES string of the molecule is ClCCN1CCCCCC1.ClCCN1CCN(Cc2ccccc2)CC1. The minimum absolute atomic E-state index is 0.749. The summed E-state index contributed by atoms with van der Waals surface area (Å²) in [5.41, 5.74) is 1.41. The first kappa shape index (κ1) is 22.0. The van der Waals surface area contributed by atoms with Gasteiger partial charge in [0.1, 0.15) is 0 Å². The molecule has 3 nitrogen and oxygen atoms in total. The van der Waals surface area contributed by atoms with Crippen LogP contribution in [0.15, 0.2) is 30.3 Å². The number of nitrogens with zero attached hydrogens (tertiary/aromatic N) is 3. The van der Waals surface area contributed by atoms with Crippen LogP contribution in [0.1, 0.15) is 31.2 Å². The highest BCUT2D eigenvalue weighted by molar-refractivity contribution is 6.18. The molecule has 0 saturated carbocycles. The fourth-order valence-corrected chi connectivity index (χ4v) is 4.09. The van der Waals surface area contributed by atoms with Crippen molar-refractivity contribution in [1.82, 2.24) is 14.7 Å². The quantitative estimate of drug-likeness (QED) is 0.665. The van der Waals surface area contributed by atoms with Gasteiger partial charge in [0.2, 0.25) is 0 Å². The molecule has 1 aromatic carbocycles. The number of hydrogen-bond donors (Lipinski definition) is 0. The summed E-state index contributed by atoms with van der Waals surface area (Å²) >= 11 is 11.4. The van der Waals surface area contributed by atoms with E-state index in [0.29, 0.717) is 0 Å². The van der Waals surface area contributed by atoms with Crippen LogP contribution in [0.4, 0.5) is 0 Å². The van der Waals surface area contributed by atoms with E-state index in [1.54, 1.807) is 0 Å². The van der Waals surface area contributed by atoms with E-state index in [2.05, 4.69) is 45.0 Å². The van der Waals surface area contributed by atoms with Gasteiger partial charge in [-0.15, -0.1) is 23.2 Å². The monoisotopic (exact) mass is 399 g/mol. The maximum Gasteiger partial charge on any atom is 0.0351 e. The smallest absolute Gasteiger partial charge is 0.0351 e. The topological polar surface area (TPSA) is 9.72 Å². The van der Waals surface area contributed by atoms with Crippen LogP contribution in [0.2, 0.25) is 0 Å². The predicted octanol–water partition coefficient (Wildman–Crippen LogP) is 4.14. The van der Waals surface area contributed by atoms with E-state index in [4.69, 9.17) is 23.2 Å². The van der Waals surface area contributed by atoms with E-state index in [-0.39, 0.29) is 0 Å². The molecule has 5 heteroatoms. The van der Waals surface area contributed by atoms with Crippen molar-refractivity contribution in [2.24, 2.45) is 0 Å². The van der Waals surface area contributed by atoms with Crippen LogP contribution < -0.4 is 0 Å². The normalized spacial score (nSPS) is 20.2. The molecule has 0 radical (unpaired) electrons. The first-order chi connectivity index (χ1) is 12.8. The molecule has 0 N–H and O–H groups in total. The molecule has 0 bridgehead atoms. The Labute approximate surface area is 170 Å². The van der Waals surface area contributed by atoms with E-state index < -0.39 is 0 Å². The number of piperazine rings is 1. The zero-order valence-electron chi connectivity index (χ0n) is 16.1. The molecule has 3 rings (SSSR count). The van der Waals surface area contributed by atoms with Crippen molar-refractivity contribution in [3.63, 3.8) is 0 Å². The van der Waals surface area contributed by atoms with Gasteiger partial charge in [-0.25, -0.2) is 0 Å². The third-order valence-corrected chi connectivity index (χ3v) is 5.55. The Hall–Kier alpha value is -0.320. The molecular weight excluding hydrogens is 365 g/mol. The molecule has 2 saturated heterocycles. The number of benzene rings is 1. The van der Waals surface area contributed by atoms with Crippen LogP contribution in [0.5, 0.6) is 0 Å². The van der Waals surface area contributed by atoms with Gasteiger partial charge in [-0.2, -0.15) is 0 Å². The van der Waals surface area contributed by atoms with Crippen LogP contribution >= 0.6 is 23.2 Å². The molecule has 148 valence electrons. The van der Waals surface area contributed by atoms with Crippen molar-refractivity contribution >= 4 is 23.2 Å². The Balaban J connectivity index is 0.000000209. The summed E-state index contributed by atoms with van der Waals surface area (Å²) in [7, 11) is 0. The fourth-order valence-electron chi connectivity index (χ4n) is 3.61. The van der Waals surface area contributed by atoms with Gasteiger partial charge in [-0.3, -0.25) is 9.80 Å². The van der Waals surface area contributed by atoms with E-state index in [9.17, 15) is 0 Å². The highest BCUT2D eigenvalue weighted by atomic mass is 35.5. The molecule has 0 amide bonds. The largest absolute Gasteiger partial charge is 0.302 e. The molecule has 2 aliphatic heterocycles. The molecule has 2 aliphatic rings. The predicted molar refractivity (Wildman–Crippen MR) is 115 cm³/mol. The second-order valence-corrected chi connectivity index (χ2v) is 7.99. The fraction of sp³-hybridized carbons (Fsp3) is 0.714. The first-order valence-electron chi connectivity index (χ1n) is 10.1. The molecular formula is C21H35Cl2N3. The summed E-state index contributed by atoms with van der Waals surface area (Å²) in [5.74, 6) is 1.54. The van der Waals surface area contributed by atoms with E-state index >= 15 is 0 Å². The van der Waals surface area contributed by atoms with Crippen molar-refractivity contribution < 1.29 is 0 Å². The molecule has 0 aromatic heterocycles. The van der Waals surface area contributed by atoms with Crippen molar-refractivity contribution in [3.05, 3.63) is 35.9 Å². The van der Waals surface area contributed by atoms with Crippen molar-refractivity contribution in [1.29, 1.82) is 0 Å². The van der Waals surface area contributed by atoms with Gasteiger partial charge in [0.15, 0.2) is 0 Å². The number of halogens is 2. The van der Waals surface area contributed by atoms with Gasteiger partial charge in [-0.1, -0.05) is 43.2 Å². The minimum Gasteiger partial charge on any atom is -0.302 e. The summed E-state index contributed by atoms with van der Waals surface area (Å²) < 4.78 is 0. The summed E-state index contributed by atoms with van der Waals surface area (Å²) in [6.45, 7) is 10.4. The lowest BCUT2D eigenvalue weighted by Gasteiger charge is -2.34. The van der Waals surface area contributed by atoms with Gasteiger partial charge in [0.25, 0.3) is 0 Å². The highest BCUT2D eigenvalue weighted by Gasteiger charge is 2.15. The van der Waals surface area contributed by atoms with Crippen LogP contribution in [-0.2, 0) is 6.54 Å². The van der Waals surface area contributed by atoms with E-state index in [1.807, 2.05) is 0 Å². The van der Waals surface area contributed by atoms with Crippen molar-refractivity contribution in [2.75, 3.05) is 64.1 Å². The number of rotatable bonds is 6. The lowest BCUT2D eigenvalue weighted by Crippen LogP contribution is -2.46. The van der Waals surface area contributed by atoms with Gasteiger partial charge in [0, 0.05) is 57.6 Å². The minimum atomic E-state index is 0.749. The number of alkyl halides is 2. The van der Waals surface area contributed by atoms with Gasteiger partial charge in [0.05, 0.1) is 0 Å². The second kappa shape index (κ2) is 13.8. The molecule has 1 aromatic rings. The lowest BCUT2D eigenvalue weighted by molar-refractivity contribution is 0.132. The Kier molecular flexibility index (Phi) is 11.7. The van der Waals surface area contributed by atoms with Crippen molar-refractivity contribution in [3.8, 4) is 0 Å². The molecule has 2 heterocycles. The van der Waals surface area contributed by atoms with Crippen LogP contribution in [0.25, 0.3) is 0 Å². The molecule has 0 unspecified atom stereocenters. The Morgan fingerprint density at radius 2 is 1.12 bits per heavy atom. The van der Waals surface area contributed by atoms with Crippen LogP contribution in [0.3, 0.4) is 0 Å². The highest BCUT2D eigenvalue weighted by Crippen LogP contribution is 2.09. The van der Waals surface area contributed by atoms with Gasteiger partial charge < -0.3 is 4.90 Å². The Morgan fingerprint density at radius 3 is 1.65 bits per heavy atom. The summed E-state index contributed by atoms with van der Waals surface area (Å²) in [5, 5.41) is 0. The summed E-state index contributed by atoms with van der Waals surface area (Å²) in [6.07, 6.45) is 5.57. The third kappa shape index (κ3) is 9.05. The maximum absolute atomic E-state index is 5.75. The van der Waals surface area contributed by atoms with E-state index in [1.165, 1.54) is 44.3 Å². The first-order valence-corrected chi connectivity index (χ1v) is 11.2. The lowest BCUT2D eigenvalue weighted by atomic mass is 10.2. The average molecular weight is 400 g/mol. The Bertz CT molecular complexity index is 442. The van der Waals surface area contributed by atoms with Crippen LogP contribution in [0, 0.1) is 0 Å². The van der Waals surface area contributed by atoms with Crippen LogP contribution in [-0.4, -0.2) is 78.8 Å². The Morgan fingerprint density at radius 1 is 0.615 bits per heavy atom. The molecule has 26 heavy (non-hydrogen) atoms. The van der Waals surface area contributed by atoms with Gasteiger partial charge in [-0.05, 0) is 31.5 Å². The zero-order valence-corrected chi connectivity index (χ0v) is 17.6. The number of likely N-dealkylation sites (tertiary alicyclic amines) is 1. The average Bonchev–Trinajstić information content (AvgIpc) is 2.94.